The van der Waals surface area contributed by atoms with Crippen LogP contribution >= 0.6 is 0 Å². The van der Waals surface area contributed by atoms with Crippen molar-refractivity contribution in [2.75, 3.05) is 13.7 Å². The van der Waals surface area contributed by atoms with Crippen molar-refractivity contribution in [3.63, 3.8) is 0 Å². The van der Waals surface area contributed by atoms with Gasteiger partial charge in [0.15, 0.2) is 0 Å². The highest BCUT2D eigenvalue weighted by Crippen LogP contribution is 2.01. The minimum atomic E-state index is -0.611. The van der Waals surface area contributed by atoms with Gasteiger partial charge in [0.2, 0.25) is 5.91 Å². The van der Waals surface area contributed by atoms with Gasteiger partial charge in [-0.1, -0.05) is 0 Å². The van der Waals surface area contributed by atoms with Gasteiger partial charge in [-0.15, -0.1) is 0 Å². The molecule has 0 aliphatic carbocycles. The average Bonchev–Trinajstić information content (AvgIpc) is 2.30. The van der Waals surface area contributed by atoms with Gasteiger partial charge in [-0.2, -0.15) is 0 Å². The molecule has 1 amide bonds. The molecule has 17 heavy (non-hydrogen) atoms. The first kappa shape index (κ1) is 13.6. The van der Waals surface area contributed by atoms with Crippen molar-refractivity contribution in [1.82, 2.24) is 10.3 Å². The Labute approximate surface area is 101 Å². The molecule has 0 saturated heterocycles. The van der Waals surface area contributed by atoms with Gasteiger partial charge in [0.25, 0.3) is 0 Å². The minimum absolute atomic E-state index is 0.0350. The largest absolute Gasteiger partial charge is 0.383 e. The molecule has 1 aromatic rings. The van der Waals surface area contributed by atoms with Gasteiger partial charge in [-0.25, -0.2) is 0 Å². The summed E-state index contributed by atoms with van der Waals surface area (Å²) in [5.74, 6) is -0.187. The van der Waals surface area contributed by atoms with E-state index in [0.29, 0.717) is 0 Å². The van der Waals surface area contributed by atoms with Crippen LogP contribution in [0.1, 0.15) is 12.5 Å². The van der Waals surface area contributed by atoms with Crippen molar-refractivity contribution >= 4 is 5.91 Å². The lowest BCUT2D eigenvalue weighted by molar-refractivity contribution is -0.124. The van der Waals surface area contributed by atoms with Crippen LogP contribution in [0, 0.1) is 0 Å². The van der Waals surface area contributed by atoms with Gasteiger partial charge in [0, 0.05) is 25.5 Å². The summed E-state index contributed by atoms with van der Waals surface area (Å²) < 4.78 is 4.83. The topological polar surface area (TPSA) is 77.2 Å². The summed E-state index contributed by atoms with van der Waals surface area (Å²) in [6.07, 6.45) is 4.23. The number of hydrogen-bond acceptors (Lipinski definition) is 4. The highest BCUT2D eigenvalue weighted by molar-refractivity contribution is 5.81. The summed E-state index contributed by atoms with van der Waals surface area (Å²) in [5, 5.41) is 2.85. The fraction of sp³-hybridized carbons (Fsp3) is 0.500. The third kappa shape index (κ3) is 4.93. The number of nitrogens with one attached hydrogen (secondary N) is 1. The standard InChI is InChI=1S/C12H19N3O2/c1-9(7-10-3-5-14-6-4-10)15-12(16)11(13)8-17-2/h3-6,9,11H,7-8,13H2,1-2H3,(H,15,16). The van der Waals surface area contributed by atoms with Crippen molar-refractivity contribution in [2.24, 2.45) is 5.73 Å². The second-order valence-corrected chi connectivity index (χ2v) is 4.03. The van der Waals surface area contributed by atoms with Crippen molar-refractivity contribution in [3.05, 3.63) is 30.1 Å². The number of nitrogens with zero attached hydrogens (tertiary/aromatic N) is 1. The molecule has 3 N–H and O–H groups in total. The summed E-state index contributed by atoms with van der Waals surface area (Å²) in [4.78, 5) is 15.5. The zero-order valence-corrected chi connectivity index (χ0v) is 10.2. The van der Waals surface area contributed by atoms with E-state index in [1.165, 1.54) is 7.11 Å². The Morgan fingerprint density at radius 1 is 1.53 bits per heavy atom. The number of pyridine rings is 1. The van der Waals surface area contributed by atoms with Crippen molar-refractivity contribution in [2.45, 2.75) is 25.4 Å². The molecular weight excluding hydrogens is 218 g/mol. The minimum Gasteiger partial charge on any atom is -0.383 e. The van der Waals surface area contributed by atoms with E-state index in [2.05, 4.69) is 10.3 Å². The van der Waals surface area contributed by atoms with Crippen LogP contribution in [-0.4, -0.2) is 36.7 Å². The Balaban J connectivity index is 2.39. The molecule has 0 bridgehead atoms. The fourth-order valence-electron chi connectivity index (χ4n) is 1.53. The number of carbonyl (C=O) groups is 1. The Hall–Kier alpha value is -1.46. The van der Waals surface area contributed by atoms with Crippen LogP contribution in [0.4, 0.5) is 0 Å². The predicted molar refractivity (Wildman–Crippen MR) is 65.4 cm³/mol. The fourth-order valence-corrected chi connectivity index (χ4v) is 1.53. The molecule has 94 valence electrons. The lowest BCUT2D eigenvalue weighted by atomic mass is 10.1. The van der Waals surface area contributed by atoms with Crippen molar-refractivity contribution in [3.8, 4) is 0 Å². The zero-order chi connectivity index (χ0) is 12.7. The first-order valence-corrected chi connectivity index (χ1v) is 5.57. The second-order valence-electron chi connectivity index (χ2n) is 4.03. The van der Waals surface area contributed by atoms with Gasteiger partial charge in [0.1, 0.15) is 6.04 Å². The van der Waals surface area contributed by atoms with Gasteiger partial charge >= 0.3 is 0 Å². The molecule has 0 fully saturated rings. The lowest BCUT2D eigenvalue weighted by Gasteiger charge is -2.17. The lowest BCUT2D eigenvalue weighted by Crippen LogP contribution is -2.47. The first-order chi connectivity index (χ1) is 8.13. The molecule has 1 rings (SSSR count). The van der Waals surface area contributed by atoms with Gasteiger partial charge < -0.3 is 15.8 Å². The molecule has 2 atom stereocenters. The van der Waals surface area contributed by atoms with E-state index in [9.17, 15) is 4.79 Å². The number of amides is 1. The maximum Gasteiger partial charge on any atom is 0.239 e. The molecule has 0 aliphatic rings. The predicted octanol–water partition coefficient (Wildman–Crippen LogP) is 0.103. The van der Waals surface area contributed by atoms with E-state index >= 15 is 0 Å². The molecule has 0 saturated carbocycles. The summed E-state index contributed by atoms with van der Waals surface area (Å²) in [6.45, 7) is 2.17. The maximum atomic E-state index is 11.6. The van der Waals surface area contributed by atoms with Crippen LogP contribution in [0.5, 0.6) is 0 Å². The first-order valence-electron chi connectivity index (χ1n) is 5.57. The molecule has 1 heterocycles. The molecule has 5 nitrogen and oxygen atoms in total. The Morgan fingerprint density at radius 2 is 2.18 bits per heavy atom. The second kappa shape index (κ2) is 6.98. The Bertz CT molecular complexity index is 343. The van der Waals surface area contributed by atoms with E-state index in [4.69, 9.17) is 10.5 Å². The quantitative estimate of drug-likeness (QED) is 0.736. The molecule has 0 aromatic carbocycles. The van der Waals surface area contributed by atoms with Crippen molar-refractivity contribution < 1.29 is 9.53 Å². The van der Waals surface area contributed by atoms with Gasteiger partial charge in [-0.05, 0) is 31.0 Å². The molecule has 0 radical (unpaired) electrons. The number of aromatic nitrogens is 1. The van der Waals surface area contributed by atoms with Crippen LogP contribution < -0.4 is 11.1 Å². The number of rotatable bonds is 6. The highest BCUT2D eigenvalue weighted by Gasteiger charge is 2.15. The van der Waals surface area contributed by atoms with Gasteiger partial charge in [0.05, 0.1) is 6.61 Å². The van der Waals surface area contributed by atoms with Crippen LogP contribution in [0.3, 0.4) is 0 Å². The number of hydrogen-bond donors (Lipinski definition) is 2. The number of methoxy groups -OCH3 is 1. The highest BCUT2D eigenvalue weighted by atomic mass is 16.5. The summed E-state index contributed by atoms with van der Waals surface area (Å²) in [6, 6.07) is 3.28. The number of carbonyl (C=O) groups excluding carboxylic acids is 1. The van der Waals surface area contributed by atoms with Crippen molar-refractivity contribution in [1.29, 1.82) is 0 Å². The molecular formula is C12H19N3O2. The summed E-state index contributed by atoms with van der Waals surface area (Å²) in [7, 11) is 1.52. The third-order valence-corrected chi connectivity index (χ3v) is 2.36. The number of ether oxygens (including phenoxy) is 1. The summed E-state index contributed by atoms with van der Waals surface area (Å²) >= 11 is 0. The van der Waals surface area contributed by atoms with Crippen LogP contribution in [-0.2, 0) is 16.0 Å². The smallest absolute Gasteiger partial charge is 0.239 e. The van der Waals surface area contributed by atoms with E-state index in [0.717, 1.165) is 12.0 Å². The monoisotopic (exact) mass is 237 g/mol. The van der Waals surface area contributed by atoms with E-state index in [1.807, 2.05) is 19.1 Å². The van der Waals surface area contributed by atoms with E-state index in [-0.39, 0.29) is 18.6 Å². The van der Waals surface area contributed by atoms with E-state index < -0.39 is 6.04 Å². The zero-order valence-electron chi connectivity index (χ0n) is 10.2. The third-order valence-electron chi connectivity index (χ3n) is 2.36. The number of nitrogens with two attached hydrogens (primary N) is 1. The Kier molecular flexibility index (Phi) is 5.59. The normalized spacial score (nSPS) is 14.1. The molecule has 0 spiro atoms. The SMILES string of the molecule is COCC(N)C(=O)NC(C)Cc1ccncc1. The maximum absolute atomic E-state index is 11.6. The molecule has 5 heteroatoms. The van der Waals surface area contributed by atoms with Crippen LogP contribution in [0.15, 0.2) is 24.5 Å². The molecule has 0 aliphatic heterocycles. The van der Waals surface area contributed by atoms with E-state index in [1.54, 1.807) is 12.4 Å². The molecule has 1 aromatic heterocycles. The van der Waals surface area contributed by atoms with Gasteiger partial charge in [-0.3, -0.25) is 9.78 Å². The average molecular weight is 237 g/mol. The summed E-state index contributed by atoms with van der Waals surface area (Å²) in [5.41, 5.74) is 6.75. The van der Waals surface area contributed by atoms with Crippen LogP contribution in [0.25, 0.3) is 0 Å². The van der Waals surface area contributed by atoms with Crippen LogP contribution in [0.2, 0.25) is 0 Å². The molecule has 2 unspecified atom stereocenters. The Morgan fingerprint density at radius 3 is 2.76 bits per heavy atom.